The van der Waals surface area contributed by atoms with E-state index in [1.807, 2.05) is 6.07 Å². The molecule has 3 aromatic carbocycles. The summed E-state index contributed by atoms with van der Waals surface area (Å²) in [5, 5.41) is 3.22. The van der Waals surface area contributed by atoms with Crippen molar-refractivity contribution < 1.29 is 14.4 Å². The molecule has 6 heteroatoms. The number of halogens is 1. The predicted molar refractivity (Wildman–Crippen MR) is 108 cm³/mol. The number of aryl methyl sites for hydroxylation is 1. The summed E-state index contributed by atoms with van der Waals surface area (Å²) in [4.78, 5) is 38.9. The molecule has 0 saturated carbocycles. The van der Waals surface area contributed by atoms with Gasteiger partial charge in [0.2, 0.25) is 0 Å². The van der Waals surface area contributed by atoms with Crippen molar-refractivity contribution in [3.8, 4) is 0 Å². The van der Waals surface area contributed by atoms with Gasteiger partial charge in [0.15, 0.2) is 0 Å². The molecule has 1 aliphatic rings. The molecule has 4 rings (SSSR count). The summed E-state index contributed by atoms with van der Waals surface area (Å²) < 4.78 is 0. The van der Waals surface area contributed by atoms with E-state index in [2.05, 4.69) is 5.32 Å². The lowest BCUT2D eigenvalue weighted by Gasteiger charge is -2.17. The van der Waals surface area contributed by atoms with Crippen molar-refractivity contribution in [1.82, 2.24) is 0 Å². The van der Waals surface area contributed by atoms with Crippen LogP contribution in [0.3, 0.4) is 0 Å². The SMILES string of the molecule is Cc1cc(NC(=O)c2ccccc2)ccc1N1C(=O)c2ccc(Cl)cc2C1=O. The maximum Gasteiger partial charge on any atom is 0.266 e. The summed E-state index contributed by atoms with van der Waals surface area (Å²) >= 11 is 5.96. The highest BCUT2D eigenvalue weighted by molar-refractivity contribution is 6.37. The highest BCUT2D eigenvalue weighted by Crippen LogP contribution is 2.33. The van der Waals surface area contributed by atoms with Gasteiger partial charge in [-0.3, -0.25) is 14.4 Å². The molecule has 0 atom stereocenters. The van der Waals surface area contributed by atoms with E-state index in [4.69, 9.17) is 11.6 Å². The van der Waals surface area contributed by atoms with Gasteiger partial charge in [0.1, 0.15) is 0 Å². The Kier molecular flexibility index (Phi) is 4.45. The molecule has 1 heterocycles. The fourth-order valence-corrected chi connectivity index (χ4v) is 3.38. The maximum atomic E-state index is 12.7. The summed E-state index contributed by atoms with van der Waals surface area (Å²) in [5.41, 5.74) is 2.90. The summed E-state index contributed by atoms with van der Waals surface area (Å²) in [6.45, 7) is 1.78. The molecule has 28 heavy (non-hydrogen) atoms. The van der Waals surface area contributed by atoms with Crippen molar-refractivity contribution in [3.05, 3.63) is 94.0 Å². The summed E-state index contributed by atoms with van der Waals surface area (Å²) in [7, 11) is 0. The van der Waals surface area contributed by atoms with Crippen LogP contribution < -0.4 is 10.2 Å². The molecular weight excluding hydrogens is 376 g/mol. The molecule has 0 fully saturated rings. The number of carbonyl (C=O) groups excluding carboxylic acids is 3. The van der Waals surface area contributed by atoms with Gasteiger partial charge in [-0.2, -0.15) is 0 Å². The van der Waals surface area contributed by atoms with Crippen LogP contribution in [0.1, 0.15) is 36.6 Å². The van der Waals surface area contributed by atoms with Crippen molar-refractivity contribution in [3.63, 3.8) is 0 Å². The van der Waals surface area contributed by atoms with Gasteiger partial charge >= 0.3 is 0 Å². The van der Waals surface area contributed by atoms with Crippen LogP contribution >= 0.6 is 11.6 Å². The van der Waals surface area contributed by atoms with E-state index in [1.54, 1.807) is 61.5 Å². The van der Waals surface area contributed by atoms with Gasteiger partial charge in [-0.1, -0.05) is 29.8 Å². The standard InChI is InChI=1S/C22H15ClN2O3/c1-13-11-16(24-20(26)14-5-3-2-4-6-14)8-10-19(13)25-21(27)17-9-7-15(23)12-18(17)22(25)28/h2-12H,1H3,(H,24,26). The Bertz CT molecular complexity index is 1130. The third kappa shape index (κ3) is 3.06. The van der Waals surface area contributed by atoms with Crippen molar-refractivity contribution in [2.24, 2.45) is 0 Å². The van der Waals surface area contributed by atoms with Crippen molar-refractivity contribution in [2.75, 3.05) is 10.2 Å². The van der Waals surface area contributed by atoms with Gasteiger partial charge < -0.3 is 5.32 Å². The first-order valence-electron chi connectivity index (χ1n) is 8.61. The minimum Gasteiger partial charge on any atom is -0.322 e. The molecule has 5 nitrogen and oxygen atoms in total. The molecule has 1 N–H and O–H groups in total. The third-order valence-electron chi connectivity index (χ3n) is 4.58. The monoisotopic (exact) mass is 390 g/mol. The van der Waals surface area contributed by atoms with Gasteiger partial charge in [0.25, 0.3) is 17.7 Å². The number of benzene rings is 3. The Morgan fingerprint density at radius 3 is 2.32 bits per heavy atom. The van der Waals surface area contributed by atoms with E-state index in [0.29, 0.717) is 38.7 Å². The highest BCUT2D eigenvalue weighted by atomic mass is 35.5. The van der Waals surface area contributed by atoms with Gasteiger partial charge in [-0.25, -0.2) is 4.90 Å². The van der Waals surface area contributed by atoms with E-state index in [-0.39, 0.29) is 11.8 Å². The second-order valence-corrected chi connectivity index (χ2v) is 6.89. The first kappa shape index (κ1) is 17.9. The van der Waals surface area contributed by atoms with Gasteiger partial charge in [-0.05, 0) is 61.0 Å². The molecule has 0 bridgehead atoms. The second kappa shape index (κ2) is 6.94. The van der Waals surface area contributed by atoms with E-state index >= 15 is 0 Å². The molecule has 138 valence electrons. The number of anilines is 2. The zero-order chi connectivity index (χ0) is 19.8. The smallest absolute Gasteiger partial charge is 0.266 e. The number of imide groups is 1. The summed E-state index contributed by atoms with van der Waals surface area (Å²) in [6.07, 6.45) is 0. The lowest BCUT2D eigenvalue weighted by Crippen LogP contribution is -2.30. The Labute approximate surface area is 166 Å². The largest absolute Gasteiger partial charge is 0.322 e. The Balaban J connectivity index is 1.61. The lowest BCUT2D eigenvalue weighted by atomic mass is 10.1. The molecule has 0 radical (unpaired) electrons. The Morgan fingerprint density at radius 1 is 0.893 bits per heavy atom. The molecule has 1 aliphatic heterocycles. The number of hydrogen-bond donors (Lipinski definition) is 1. The van der Waals surface area contributed by atoms with Gasteiger partial charge in [-0.15, -0.1) is 0 Å². The van der Waals surface area contributed by atoms with E-state index in [0.717, 1.165) is 4.90 Å². The molecule has 0 unspecified atom stereocenters. The zero-order valence-electron chi connectivity index (χ0n) is 14.9. The highest BCUT2D eigenvalue weighted by Gasteiger charge is 2.37. The zero-order valence-corrected chi connectivity index (χ0v) is 15.7. The van der Waals surface area contributed by atoms with Crippen LogP contribution in [0.2, 0.25) is 5.02 Å². The van der Waals surface area contributed by atoms with Gasteiger partial charge in [0, 0.05) is 16.3 Å². The quantitative estimate of drug-likeness (QED) is 0.659. The Morgan fingerprint density at radius 2 is 1.61 bits per heavy atom. The van der Waals surface area contributed by atoms with Crippen LogP contribution in [0.25, 0.3) is 0 Å². The number of amides is 3. The Hall–Kier alpha value is -3.44. The minimum absolute atomic E-state index is 0.233. The van der Waals surface area contributed by atoms with Crippen LogP contribution in [-0.2, 0) is 0 Å². The van der Waals surface area contributed by atoms with E-state index in [9.17, 15) is 14.4 Å². The average molecular weight is 391 g/mol. The predicted octanol–water partition coefficient (Wildman–Crippen LogP) is 4.70. The molecule has 0 saturated heterocycles. The maximum absolute atomic E-state index is 12.7. The van der Waals surface area contributed by atoms with Gasteiger partial charge in [0.05, 0.1) is 16.8 Å². The molecular formula is C22H15ClN2O3. The average Bonchev–Trinajstić information content (AvgIpc) is 2.93. The number of rotatable bonds is 3. The van der Waals surface area contributed by atoms with Crippen LogP contribution in [0.4, 0.5) is 11.4 Å². The molecule has 3 amide bonds. The fraction of sp³-hybridized carbons (Fsp3) is 0.0455. The topological polar surface area (TPSA) is 66.5 Å². The lowest BCUT2D eigenvalue weighted by molar-refractivity contribution is 0.0924. The van der Waals surface area contributed by atoms with Crippen LogP contribution in [0.5, 0.6) is 0 Å². The number of fused-ring (bicyclic) bond motifs is 1. The normalized spacial score (nSPS) is 12.9. The van der Waals surface area contributed by atoms with Crippen molar-refractivity contribution >= 4 is 40.7 Å². The fourth-order valence-electron chi connectivity index (χ4n) is 3.21. The third-order valence-corrected chi connectivity index (χ3v) is 4.82. The van der Waals surface area contributed by atoms with Crippen LogP contribution in [0.15, 0.2) is 66.7 Å². The van der Waals surface area contributed by atoms with Crippen LogP contribution in [-0.4, -0.2) is 17.7 Å². The number of hydrogen-bond acceptors (Lipinski definition) is 3. The second-order valence-electron chi connectivity index (χ2n) is 6.46. The first-order chi connectivity index (χ1) is 13.5. The minimum atomic E-state index is -0.410. The summed E-state index contributed by atoms with van der Waals surface area (Å²) in [6, 6.07) is 18.6. The number of nitrogens with zero attached hydrogens (tertiary/aromatic N) is 1. The molecule has 3 aromatic rings. The first-order valence-corrected chi connectivity index (χ1v) is 8.99. The molecule has 0 aliphatic carbocycles. The molecule has 0 spiro atoms. The van der Waals surface area contributed by atoms with Crippen molar-refractivity contribution in [2.45, 2.75) is 6.92 Å². The van der Waals surface area contributed by atoms with E-state index in [1.165, 1.54) is 6.07 Å². The van der Waals surface area contributed by atoms with Crippen LogP contribution in [0, 0.1) is 6.92 Å². The number of nitrogens with one attached hydrogen (secondary N) is 1. The summed E-state index contributed by atoms with van der Waals surface area (Å²) in [5.74, 6) is -1.03. The molecule has 0 aromatic heterocycles. The number of carbonyl (C=O) groups is 3. The van der Waals surface area contributed by atoms with E-state index < -0.39 is 5.91 Å². The van der Waals surface area contributed by atoms with Crippen molar-refractivity contribution in [1.29, 1.82) is 0 Å².